The van der Waals surface area contributed by atoms with Gasteiger partial charge >= 0.3 is 12.0 Å². The summed E-state index contributed by atoms with van der Waals surface area (Å²) in [7, 11) is 0. The summed E-state index contributed by atoms with van der Waals surface area (Å²) in [5.41, 5.74) is 0.852. The molecule has 0 saturated carbocycles. The quantitative estimate of drug-likeness (QED) is 0.883. The van der Waals surface area contributed by atoms with E-state index in [4.69, 9.17) is 5.11 Å². The molecule has 1 aliphatic rings. The number of rotatable bonds is 5. The molecule has 1 saturated heterocycles. The molecule has 1 aromatic heterocycles. The molecule has 1 N–H and O–H groups in total. The molecule has 0 radical (unpaired) electrons. The fourth-order valence-corrected chi connectivity index (χ4v) is 2.30. The maximum Gasteiger partial charge on any atom is 0.320 e. The minimum atomic E-state index is -0.803. The normalized spacial score (nSPS) is 14.8. The zero-order valence-electron chi connectivity index (χ0n) is 11.5. The van der Waals surface area contributed by atoms with Crippen molar-refractivity contribution in [3.63, 3.8) is 0 Å². The number of amides is 2. The third-order valence-electron chi connectivity index (χ3n) is 3.42. The molecule has 6 nitrogen and oxygen atoms in total. The van der Waals surface area contributed by atoms with Gasteiger partial charge < -0.3 is 14.9 Å². The van der Waals surface area contributed by atoms with E-state index in [1.165, 1.54) is 0 Å². The van der Waals surface area contributed by atoms with Crippen molar-refractivity contribution in [3.8, 4) is 0 Å². The first kappa shape index (κ1) is 14.3. The molecule has 2 amide bonds. The number of aliphatic carboxylic acids is 1. The minimum Gasteiger partial charge on any atom is -0.481 e. The smallest absolute Gasteiger partial charge is 0.320 e. The molecule has 108 valence electrons. The average Bonchev–Trinajstić information content (AvgIpc) is 2.40. The van der Waals surface area contributed by atoms with Crippen molar-refractivity contribution in [2.24, 2.45) is 5.92 Å². The van der Waals surface area contributed by atoms with Crippen molar-refractivity contribution in [1.29, 1.82) is 0 Å². The van der Waals surface area contributed by atoms with E-state index in [1.807, 2.05) is 25.1 Å². The highest BCUT2D eigenvalue weighted by molar-refractivity contribution is 5.76. The third kappa shape index (κ3) is 3.46. The highest BCUT2D eigenvalue weighted by Gasteiger charge is 2.34. The third-order valence-corrected chi connectivity index (χ3v) is 3.42. The zero-order valence-corrected chi connectivity index (χ0v) is 11.5. The summed E-state index contributed by atoms with van der Waals surface area (Å²) in [4.78, 5) is 30.5. The molecule has 1 fully saturated rings. The first-order valence-electron chi connectivity index (χ1n) is 6.75. The summed E-state index contributed by atoms with van der Waals surface area (Å²) in [6, 6.07) is 5.58. The molecule has 0 spiro atoms. The zero-order chi connectivity index (χ0) is 14.5. The second-order valence-electron chi connectivity index (χ2n) is 4.99. The van der Waals surface area contributed by atoms with E-state index in [0.29, 0.717) is 26.2 Å². The molecule has 0 aliphatic carbocycles. The Kier molecular flexibility index (Phi) is 4.55. The van der Waals surface area contributed by atoms with Crippen molar-refractivity contribution >= 4 is 12.0 Å². The second-order valence-corrected chi connectivity index (χ2v) is 4.99. The van der Waals surface area contributed by atoms with E-state index < -0.39 is 5.97 Å². The van der Waals surface area contributed by atoms with Gasteiger partial charge in [-0.2, -0.15) is 0 Å². The molecular weight excluding hydrogens is 258 g/mol. The van der Waals surface area contributed by atoms with Gasteiger partial charge in [0.25, 0.3) is 0 Å². The van der Waals surface area contributed by atoms with Crippen LogP contribution in [0.25, 0.3) is 0 Å². The van der Waals surface area contributed by atoms with Crippen molar-refractivity contribution in [2.75, 3.05) is 19.6 Å². The largest absolute Gasteiger partial charge is 0.481 e. The van der Waals surface area contributed by atoms with Crippen molar-refractivity contribution < 1.29 is 14.7 Å². The molecule has 6 heteroatoms. The van der Waals surface area contributed by atoms with E-state index in [0.717, 1.165) is 5.69 Å². The van der Waals surface area contributed by atoms with Crippen molar-refractivity contribution in [3.05, 3.63) is 30.1 Å². The number of carboxylic acids is 1. The number of hydrogen-bond acceptors (Lipinski definition) is 3. The van der Waals surface area contributed by atoms with Crippen LogP contribution in [0.15, 0.2) is 24.4 Å². The Morgan fingerprint density at radius 2 is 2.20 bits per heavy atom. The molecule has 0 atom stereocenters. The van der Waals surface area contributed by atoms with Gasteiger partial charge in [0, 0.05) is 31.7 Å². The minimum absolute atomic E-state index is 0.0419. The number of aromatic nitrogens is 1. The lowest BCUT2D eigenvalue weighted by atomic mass is 9.97. The van der Waals surface area contributed by atoms with Crippen LogP contribution in [0.2, 0.25) is 0 Å². The summed E-state index contributed by atoms with van der Waals surface area (Å²) in [6.07, 6.45) is 1.84. The molecule has 2 rings (SSSR count). The molecule has 0 bridgehead atoms. The van der Waals surface area contributed by atoms with Gasteiger partial charge in [0.05, 0.1) is 18.7 Å². The van der Waals surface area contributed by atoms with Crippen LogP contribution in [0.1, 0.15) is 19.0 Å². The molecule has 1 aromatic rings. The van der Waals surface area contributed by atoms with Crippen LogP contribution >= 0.6 is 0 Å². The maximum absolute atomic E-state index is 12.3. The van der Waals surface area contributed by atoms with E-state index in [2.05, 4.69) is 4.98 Å². The predicted molar refractivity (Wildman–Crippen MR) is 73.0 cm³/mol. The van der Waals surface area contributed by atoms with Gasteiger partial charge in [-0.15, -0.1) is 0 Å². The van der Waals surface area contributed by atoms with Gasteiger partial charge in [0.1, 0.15) is 0 Å². The first-order valence-corrected chi connectivity index (χ1v) is 6.75. The van der Waals surface area contributed by atoms with Gasteiger partial charge in [-0.1, -0.05) is 6.07 Å². The average molecular weight is 277 g/mol. The number of pyridine rings is 1. The Bertz CT molecular complexity index is 472. The Morgan fingerprint density at radius 1 is 1.45 bits per heavy atom. The van der Waals surface area contributed by atoms with Gasteiger partial charge in [-0.25, -0.2) is 4.79 Å². The van der Waals surface area contributed by atoms with Crippen LogP contribution in [0.3, 0.4) is 0 Å². The molecule has 0 aromatic carbocycles. The van der Waals surface area contributed by atoms with Crippen molar-refractivity contribution in [2.45, 2.75) is 19.9 Å². The molecule has 2 heterocycles. The van der Waals surface area contributed by atoms with Crippen LogP contribution in [-0.2, 0) is 11.3 Å². The van der Waals surface area contributed by atoms with Crippen molar-refractivity contribution in [1.82, 2.24) is 14.8 Å². The number of likely N-dealkylation sites (tertiary alicyclic amines) is 1. The molecule has 20 heavy (non-hydrogen) atoms. The number of carbonyl (C=O) groups is 2. The number of hydrogen-bond donors (Lipinski definition) is 1. The SMILES string of the molecule is CCN(Cc1ccccn1)C(=O)N1CC(CC(=O)O)C1. The number of urea groups is 1. The number of nitrogens with zero attached hydrogens (tertiary/aromatic N) is 3. The molecule has 0 unspecified atom stereocenters. The van der Waals surface area contributed by atoms with Crippen LogP contribution in [0.4, 0.5) is 4.79 Å². The van der Waals surface area contributed by atoms with Crippen LogP contribution in [0.5, 0.6) is 0 Å². The van der Waals surface area contributed by atoms with Gasteiger partial charge in [0.15, 0.2) is 0 Å². The lowest BCUT2D eigenvalue weighted by molar-refractivity contribution is -0.139. The van der Waals surface area contributed by atoms with Gasteiger partial charge in [0.2, 0.25) is 0 Å². The highest BCUT2D eigenvalue weighted by Crippen LogP contribution is 2.21. The predicted octanol–water partition coefficient (Wildman–Crippen LogP) is 1.43. The summed E-state index contributed by atoms with van der Waals surface area (Å²) >= 11 is 0. The maximum atomic E-state index is 12.3. The van der Waals surface area contributed by atoms with Crippen LogP contribution in [0, 0.1) is 5.92 Å². The summed E-state index contributed by atoms with van der Waals surface area (Å²) in [5, 5.41) is 8.70. The highest BCUT2D eigenvalue weighted by atomic mass is 16.4. The van der Waals surface area contributed by atoms with E-state index in [9.17, 15) is 9.59 Å². The van der Waals surface area contributed by atoms with E-state index in [-0.39, 0.29) is 18.4 Å². The number of carboxylic acid groups (broad SMARTS) is 1. The molecular formula is C14H19N3O3. The van der Waals surface area contributed by atoms with E-state index >= 15 is 0 Å². The topological polar surface area (TPSA) is 73.7 Å². The number of carbonyl (C=O) groups excluding carboxylic acids is 1. The Balaban J connectivity index is 1.86. The summed E-state index contributed by atoms with van der Waals surface area (Å²) in [6.45, 7) is 4.08. The monoisotopic (exact) mass is 277 g/mol. The fourth-order valence-electron chi connectivity index (χ4n) is 2.30. The summed E-state index contributed by atoms with van der Waals surface area (Å²) < 4.78 is 0. The lowest BCUT2D eigenvalue weighted by Crippen LogP contribution is -2.55. The van der Waals surface area contributed by atoms with Gasteiger partial charge in [-0.3, -0.25) is 9.78 Å². The molecule has 1 aliphatic heterocycles. The lowest BCUT2D eigenvalue weighted by Gasteiger charge is -2.41. The Hall–Kier alpha value is -2.11. The second kappa shape index (κ2) is 6.36. The van der Waals surface area contributed by atoms with Crippen LogP contribution < -0.4 is 0 Å². The van der Waals surface area contributed by atoms with E-state index in [1.54, 1.807) is 16.0 Å². The van der Waals surface area contributed by atoms with Gasteiger partial charge in [-0.05, 0) is 19.1 Å². The summed E-state index contributed by atoms with van der Waals surface area (Å²) in [5.74, 6) is -0.715. The van der Waals surface area contributed by atoms with Crippen LogP contribution in [-0.4, -0.2) is 51.5 Å². The Morgan fingerprint density at radius 3 is 2.75 bits per heavy atom. The fraction of sp³-hybridized carbons (Fsp3) is 0.500. The standard InChI is InChI=1S/C14H19N3O3/c1-2-16(10-12-5-3-4-6-15-12)14(20)17-8-11(9-17)7-13(18)19/h3-6,11H,2,7-10H2,1H3,(H,18,19). The Labute approximate surface area is 118 Å². The first-order chi connectivity index (χ1) is 9.60.